The molecule has 0 aliphatic carbocycles. The second-order valence-corrected chi connectivity index (χ2v) is 5.41. The summed E-state index contributed by atoms with van der Waals surface area (Å²) in [5.74, 6) is -0.00735. The van der Waals surface area contributed by atoms with Crippen molar-refractivity contribution >= 4 is 5.82 Å². The first kappa shape index (κ1) is 16.9. The first-order valence-electron chi connectivity index (χ1n) is 7.43. The van der Waals surface area contributed by atoms with Crippen LogP contribution in [0.25, 0.3) is 11.5 Å². The van der Waals surface area contributed by atoms with Gasteiger partial charge in [0.15, 0.2) is 11.5 Å². The smallest absolute Gasteiger partial charge is 0.366 e. The molecule has 0 saturated heterocycles. The third kappa shape index (κ3) is 3.76. The summed E-state index contributed by atoms with van der Waals surface area (Å²) in [6.45, 7) is 2.18. The van der Waals surface area contributed by atoms with E-state index in [0.717, 1.165) is 17.3 Å². The van der Waals surface area contributed by atoms with Gasteiger partial charge in [-0.15, -0.1) is 0 Å². The van der Waals surface area contributed by atoms with E-state index in [1.54, 1.807) is 36.1 Å². The number of hydrogen-bond acceptors (Lipinski definition) is 5. The molecule has 0 bridgehead atoms. The van der Waals surface area contributed by atoms with Crippen LogP contribution >= 0.6 is 0 Å². The highest BCUT2D eigenvalue weighted by Crippen LogP contribution is 2.30. The van der Waals surface area contributed by atoms with Crippen molar-refractivity contribution in [3.8, 4) is 11.5 Å². The van der Waals surface area contributed by atoms with Crippen molar-refractivity contribution in [2.75, 3.05) is 5.32 Å². The molecule has 3 aromatic rings. The lowest BCUT2D eigenvalue weighted by molar-refractivity contribution is -0.141. The number of alkyl halides is 3. The van der Waals surface area contributed by atoms with Gasteiger partial charge < -0.3 is 5.32 Å². The maximum atomic E-state index is 13.1. The Morgan fingerprint density at radius 1 is 1.20 bits per heavy atom. The fourth-order valence-corrected chi connectivity index (χ4v) is 2.20. The van der Waals surface area contributed by atoms with E-state index < -0.39 is 11.9 Å². The summed E-state index contributed by atoms with van der Waals surface area (Å²) in [5, 5.41) is 7.01. The Kier molecular flexibility index (Phi) is 4.39. The fourth-order valence-electron chi connectivity index (χ4n) is 2.20. The lowest BCUT2D eigenvalue weighted by atomic mass is 10.2. The van der Waals surface area contributed by atoms with Gasteiger partial charge in [0.2, 0.25) is 0 Å². The molecule has 9 heteroatoms. The van der Waals surface area contributed by atoms with Crippen molar-refractivity contribution in [1.29, 1.82) is 0 Å². The van der Waals surface area contributed by atoms with Crippen LogP contribution in [-0.2, 0) is 19.8 Å². The van der Waals surface area contributed by atoms with E-state index in [0.29, 0.717) is 6.54 Å². The average Bonchev–Trinajstić information content (AvgIpc) is 2.91. The van der Waals surface area contributed by atoms with Gasteiger partial charge in [-0.3, -0.25) is 9.67 Å². The van der Waals surface area contributed by atoms with Crippen LogP contribution in [0.15, 0.2) is 36.7 Å². The minimum absolute atomic E-state index is 0.0752. The van der Waals surface area contributed by atoms with E-state index in [4.69, 9.17) is 0 Å². The van der Waals surface area contributed by atoms with E-state index in [2.05, 4.69) is 25.4 Å². The number of nitrogens with one attached hydrogen (secondary N) is 1. The van der Waals surface area contributed by atoms with Gasteiger partial charge in [0.1, 0.15) is 11.5 Å². The van der Waals surface area contributed by atoms with Gasteiger partial charge in [0.25, 0.3) is 0 Å². The zero-order valence-electron chi connectivity index (χ0n) is 13.5. The number of rotatable bonds is 4. The molecule has 130 valence electrons. The van der Waals surface area contributed by atoms with Gasteiger partial charge in [-0.05, 0) is 19.1 Å². The maximum Gasteiger partial charge on any atom is 0.433 e. The maximum absolute atomic E-state index is 13.1. The van der Waals surface area contributed by atoms with Crippen LogP contribution in [-0.4, -0.2) is 24.7 Å². The minimum atomic E-state index is -4.58. The standard InChI is InChI=1S/C16H15F3N6/c1-10-11(9-22-25(10)2)8-21-14-7-13(16(17,18)19)23-15(24-14)12-5-3-4-6-20-12/h3-7,9H,8H2,1-2H3,(H,21,23,24). The molecule has 0 aliphatic heterocycles. The van der Waals surface area contributed by atoms with Crippen molar-refractivity contribution < 1.29 is 13.2 Å². The number of anilines is 1. The Labute approximate surface area is 141 Å². The normalized spacial score (nSPS) is 11.6. The van der Waals surface area contributed by atoms with Crippen LogP contribution in [0, 0.1) is 6.92 Å². The monoisotopic (exact) mass is 348 g/mol. The summed E-state index contributed by atoms with van der Waals surface area (Å²) < 4.78 is 41.1. The molecular formula is C16H15F3N6. The molecule has 1 N–H and O–H groups in total. The van der Waals surface area contributed by atoms with Crippen molar-refractivity contribution in [2.45, 2.75) is 19.6 Å². The van der Waals surface area contributed by atoms with Crippen LogP contribution in [0.4, 0.5) is 19.0 Å². The molecule has 3 aromatic heterocycles. The molecule has 0 atom stereocenters. The molecule has 0 aliphatic rings. The molecular weight excluding hydrogens is 333 g/mol. The Bertz CT molecular complexity index is 873. The summed E-state index contributed by atoms with van der Waals surface area (Å²) in [6, 6.07) is 5.78. The van der Waals surface area contributed by atoms with Crippen LogP contribution in [0.2, 0.25) is 0 Å². The summed E-state index contributed by atoms with van der Waals surface area (Å²) in [6.07, 6.45) is -1.44. The highest BCUT2D eigenvalue weighted by atomic mass is 19.4. The molecule has 25 heavy (non-hydrogen) atoms. The molecule has 3 heterocycles. The molecule has 3 rings (SSSR count). The zero-order chi connectivity index (χ0) is 18.0. The lowest BCUT2D eigenvalue weighted by Crippen LogP contribution is -2.12. The van der Waals surface area contributed by atoms with Crippen LogP contribution in [0.5, 0.6) is 0 Å². The Morgan fingerprint density at radius 3 is 2.60 bits per heavy atom. The second kappa shape index (κ2) is 6.50. The SMILES string of the molecule is Cc1c(CNc2cc(C(F)(F)F)nc(-c3ccccn3)n2)cnn1C. The summed E-state index contributed by atoms with van der Waals surface area (Å²) >= 11 is 0. The molecule has 0 spiro atoms. The average molecular weight is 348 g/mol. The van der Waals surface area contributed by atoms with E-state index in [1.807, 2.05) is 6.92 Å². The van der Waals surface area contributed by atoms with E-state index in [9.17, 15) is 13.2 Å². The van der Waals surface area contributed by atoms with Gasteiger partial charge in [-0.2, -0.15) is 18.3 Å². The van der Waals surface area contributed by atoms with Crippen LogP contribution in [0.1, 0.15) is 17.0 Å². The van der Waals surface area contributed by atoms with Gasteiger partial charge in [-0.1, -0.05) is 6.07 Å². The van der Waals surface area contributed by atoms with Gasteiger partial charge in [0, 0.05) is 37.1 Å². The first-order chi connectivity index (χ1) is 11.8. The molecule has 0 amide bonds. The predicted molar refractivity (Wildman–Crippen MR) is 85.5 cm³/mol. The molecule has 0 saturated carbocycles. The zero-order valence-corrected chi connectivity index (χ0v) is 13.5. The van der Waals surface area contributed by atoms with Gasteiger partial charge >= 0.3 is 6.18 Å². The summed E-state index contributed by atoms with van der Waals surface area (Å²) in [4.78, 5) is 11.8. The number of halogens is 3. The summed E-state index contributed by atoms with van der Waals surface area (Å²) in [7, 11) is 1.80. The molecule has 0 radical (unpaired) electrons. The van der Waals surface area contributed by atoms with Crippen molar-refractivity contribution in [1.82, 2.24) is 24.7 Å². The molecule has 0 fully saturated rings. The van der Waals surface area contributed by atoms with Crippen molar-refractivity contribution in [3.63, 3.8) is 0 Å². The van der Waals surface area contributed by atoms with E-state index in [1.165, 1.54) is 6.20 Å². The Morgan fingerprint density at radius 2 is 2.00 bits per heavy atom. The van der Waals surface area contributed by atoms with Crippen LogP contribution < -0.4 is 5.32 Å². The number of aryl methyl sites for hydroxylation is 1. The number of aromatic nitrogens is 5. The fraction of sp³-hybridized carbons (Fsp3) is 0.250. The summed E-state index contributed by atoms with van der Waals surface area (Å²) in [5.41, 5.74) is 1.04. The first-order valence-corrected chi connectivity index (χ1v) is 7.43. The topological polar surface area (TPSA) is 68.5 Å². The third-order valence-electron chi connectivity index (χ3n) is 3.71. The number of hydrogen-bond donors (Lipinski definition) is 1. The number of nitrogens with zero attached hydrogens (tertiary/aromatic N) is 5. The highest BCUT2D eigenvalue weighted by molar-refractivity contribution is 5.53. The van der Waals surface area contributed by atoms with E-state index >= 15 is 0 Å². The van der Waals surface area contributed by atoms with Gasteiger partial charge in [0.05, 0.1) is 6.20 Å². The molecule has 0 unspecified atom stereocenters. The minimum Gasteiger partial charge on any atom is -0.366 e. The molecule has 6 nitrogen and oxygen atoms in total. The number of pyridine rings is 1. The van der Waals surface area contributed by atoms with Crippen molar-refractivity contribution in [2.24, 2.45) is 7.05 Å². The van der Waals surface area contributed by atoms with Gasteiger partial charge in [-0.25, -0.2) is 9.97 Å². The Hall–Kier alpha value is -2.97. The second-order valence-electron chi connectivity index (χ2n) is 5.41. The van der Waals surface area contributed by atoms with E-state index in [-0.39, 0.29) is 17.3 Å². The quantitative estimate of drug-likeness (QED) is 0.784. The molecule has 0 aromatic carbocycles. The lowest BCUT2D eigenvalue weighted by Gasteiger charge is -2.11. The third-order valence-corrected chi connectivity index (χ3v) is 3.71. The predicted octanol–water partition coefficient (Wildman–Crippen LogP) is 3.21. The Balaban J connectivity index is 1.94. The largest absolute Gasteiger partial charge is 0.433 e. The van der Waals surface area contributed by atoms with Crippen molar-refractivity contribution in [3.05, 3.63) is 53.6 Å². The highest BCUT2D eigenvalue weighted by Gasteiger charge is 2.34. The van der Waals surface area contributed by atoms with Crippen LogP contribution in [0.3, 0.4) is 0 Å².